The first-order chi connectivity index (χ1) is 9.08. The van der Waals surface area contributed by atoms with Crippen molar-refractivity contribution in [3.8, 4) is 0 Å². The molecule has 0 bridgehead atoms. The van der Waals surface area contributed by atoms with E-state index in [0.29, 0.717) is 6.42 Å². The van der Waals surface area contributed by atoms with Gasteiger partial charge in [0.1, 0.15) is 0 Å². The van der Waals surface area contributed by atoms with Crippen LogP contribution in [-0.4, -0.2) is 34.7 Å². The number of aliphatic hydroxyl groups is 1. The fourth-order valence-corrected chi connectivity index (χ4v) is 2.01. The van der Waals surface area contributed by atoms with Crippen molar-refractivity contribution < 1.29 is 9.90 Å². The number of rotatable bonds is 5. The Hall–Kier alpha value is -1.85. The van der Waals surface area contributed by atoms with E-state index in [2.05, 4.69) is 10.3 Å². The maximum absolute atomic E-state index is 11.8. The molecule has 0 saturated heterocycles. The molecule has 2 aromatic rings. The molecule has 5 nitrogen and oxygen atoms in total. The van der Waals surface area contributed by atoms with Gasteiger partial charge in [0.05, 0.1) is 12.1 Å². The smallest absolute Gasteiger partial charge is 0.237 e. The number of para-hydroxylation sites is 1. The van der Waals surface area contributed by atoms with Gasteiger partial charge in [-0.15, -0.1) is 0 Å². The molecule has 5 N–H and O–H groups in total. The Morgan fingerprint density at radius 1 is 1.47 bits per heavy atom. The van der Waals surface area contributed by atoms with Gasteiger partial charge in [-0.25, -0.2) is 0 Å². The van der Waals surface area contributed by atoms with Crippen molar-refractivity contribution in [2.75, 3.05) is 6.54 Å². The summed E-state index contributed by atoms with van der Waals surface area (Å²) in [5.41, 5.74) is 7.94. The average molecular weight is 261 g/mol. The first-order valence-electron chi connectivity index (χ1n) is 6.34. The zero-order valence-corrected chi connectivity index (χ0v) is 10.9. The van der Waals surface area contributed by atoms with Gasteiger partial charge in [0, 0.05) is 23.6 Å². The van der Waals surface area contributed by atoms with Crippen molar-refractivity contribution in [2.24, 2.45) is 5.73 Å². The highest BCUT2D eigenvalue weighted by molar-refractivity contribution is 5.86. The molecule has 0 aliphatic heterocycles. The lowest BCUT2D eigenvalue weighted by Crippen LogP contribution is -2.44. The quantitative estimate of drug-likeness (QED) is 0.633. The normalized spacial score (nSPS) is 14.3. The fourth-order valence-electron chi connectivity index (χ4n) is 2.01. The molecular formula is C14H19N3O2. The highest BCUT2D eigenvalue weighted by Crippen LogP contribution is 2.18. The first kappa shape index (κ1) is 13.6. The second-order valence-electron chi connectivity index (χ2n) is 4.76. The predicted octanol–water partition coefficient (Wildman–Crippen LogP) is 0.535. The van der Waals surface area contributed by atoms with Gasteiger partial charge >= 0.3 is 0 Å². The van der Waals surface area contributed by atoms with Crippen LogP contribution in [0.5, 0.6) is 0 Å². The van der Waals surface area contributed by atoms with Crippen LogP contribution in [0.2, 0.25) is 0 Å². The van der Waals surface area contributed by atoms with Gasteiger partial charge in [-0.2, -0.15) is 0 Å². The molecule has 19 heavy (non-hydrogen) atoms. The molecule has 0 aliphatic rings. The number of H-pyrrole nitrogens is 1. The number of aliphatic hydroxyl groups excluding tert-OH is 1. The number of nitrogens with one attached hydrogen (secondary N) is 2. The maximum Gasteiger partial charge on any atom is 0.237 e. The van der Waals surface area contributed by atoms with E-state index in [9.17, 15) is 4.79 Å². The molecule has 2 atom stereocenters. The molecule has 0 spiro atoms. The van der Waals surface area contributed by atoms with Crippen LogP contribution in [0.1, 0.15) is 12.5 Å². The number of hydrogen-bond acceptors (Lipinski definition) is 3. The lowest BCUT2D eigenvalue weighted by atomic mass is 10.1. The molecule has 1 heterocycles. The summed E-state index contributed by atoms with van der Waals surface area (Å²) in [6.07, 6.45) is 1.78. The molecule has 5 heteroatoms. The summed E-state index contributed by atoms with van der Waals surface area (Å²) in [4.78, 5) is 14.9. The number of fused-ring (bicyclic) bond motifs is 1. The van der Waals surface area contributed by atoms with Crippen LogP contribution in [0.25, 0.3) is 10.9 Å². The molecule has 0 radical (unpaired) electrons. The zero-order chi connectivity index (χ0) is 13.8. The van der Waals surface area contributed by atoms with Crippen molar-refractivity contribution >= 4 is 16.8 Å². The van der Waals surface area contributed by atoms with E-state index < -0.39 is 12.1 Å². The number of carbonyl (C=O) groups is 1. The minimum Gasteiger partial charge on any atom is -0.392 e. The Morgan fingerprint density at radius 3 is 2.95 bits per heavy atom. The summed E-state index contributed by atoms with van der Waals surface area (Å²) in [6.45, 7) is 1.84. The Morgan fingerprint density at radius 2 is 2.21 bits per heavy atom. The summed E-state index contributed by atoms with van der Waals surface area (Å²) in [6, 6.07) is 7.29. The van der Waals surface area contributed by atoms with E-state index in [1.807, 2.05) is 30.5 Å². The number of aromatic amines is 1. The van der Waals surface area contributed by atoms with Crippen molar-refractivity contribution in [1.82, 2.24) is 10.3 Å². The van der Waals surface area contributed by atoms with E-state index >= 15 is 0 Å². The fraction of sp³-hybridized carbons (Fsp3) is 0.357. The number of benzene rings is 1. The lowest BCUT2D eigenvalue weighted by Gasteiger charge is -2.12. The SMILES string of the molecule is C[C@@H](O)CNC(=O)[C@@H](N)Cc1c[nH]c2ccccc12. The van der Waals surface area contributed by atoms with Gasteiger partial charge in [-0.05, 0) is 25.0 Å². The van der Waals surface area contributed by atoms with Crippen LogP contribution in [0.3, 0.4) is 0 Å². The maximum atomic E-state index is 11.8. The van der Waals surface area contributed by atoms with Gasteiger partial charge in [-0.3, -0.25) is 4.79 Å². The molecule has 0 aliphatic carbocycles. The molecule has 2 rings (SSSR count). The van der Waals surface area contributed by atoms with Crippen LogP contribution in [0.15, 0.2) is 30.5 Å². The Bertz CT molecular complexity index is 563. The number of aromatic nitrogens is 1. The molecule has 0 fully saturated rings. The molecule has 1 amide bonds. The average Bonchev–Trinajstić information content (AvgIpc) is 2.79. The lowest BCUT2D eigenvalue weighted by molar-refractivity contribution is -0.122. The highest BCUT2D eigenvalue weighted by atomic mass is 16.3. The molecule has 1 aromatic heterocycles. The summed E-state index contributed by atoms with van der Waals surface area (Å²) >= 11 is 0. The van der Waals surface area contributed by atoms with Crippen LogP contribution < -0.4 is 11.1 Å². The third-order valence-corrected chi connectivity index (χ3v) is 3.02. The van der Waals surface area contributed by atoms with E-state index in [1.54, 1.807) is 6.92 Å². The Labute approximate surface area is 111 Å². The first-order valence-corrected chi connectivity index (χ1v) is 6.34. The monoisotopic (exact) mass is 261 g/mol. The summed E-state index contributed by atoms with van der Waals surface area (Å²) in [7, 11) is 0. The topological polar surface area (TPSA) is 91.1 Å². The summed E-state index contributed by atoms with van der Waals surface area (Å²) < 4.78 is 0. The number of carbonyl (C=O) groups excluding carboxylic acids is 1. The van der Waals surface area contributed by atoms with E-state index in [4.69, 9.17) is 10.8 Å². The summed E-state index contributed by atoms with van der Waals surface area (Å²) in [5, 5.41) is 12.8. The number of nitrogens with two attached hydrogens (primary N) is 1. The van der Waals surface area contributed by atoms with Crippen molar-refractivity contribution in [1.29, 1.82) is 0 Å². The van der Waals surface area contributed by atoms with Crippen molar-refractivity contribution in [2.45, 2.75) is 25.5 Å². The van der Waals surface area contributed by atoms with E-state index in [0.717, 1.165) is 16.5 Å². The Kier molecular flexibility index (Phi) is 4.19. The standard InChI is InChI=1S/C14H19N3O2/c1-9(18)7-17-14(19)12(15)6-10-8-16-13-5-3-2-4-11(10)13/h2-5,8-9,12,16,18H,6-7,15H2,1H3,(H,17,19)/t9-,12+/m1/s1. The predicted molar refractivity (Wildman–Crippen MR) is 74.7 cm³/mol. The largest absolute Gasteiger partial charge is 0.392 e. The number of amides is 1. The minimum atomic E-state index is -0.613. The van der Waals surface area contributed by atoms with Gasteiger partial charge < -0.3 is 21.1 Å². The second-order valence-corrected chi connectivity index (χ2v) is 4.76. The van der Waals surface area contributed by atoms with Crippen molar-refractivity contribution in [3.05, 3.63) is 36.0 Å². The molecule has 1 aromatic carbocycles. The third-order valence-electron chi connectivity index (χ3n) is 3.02. The summed E-state index contributed by atoms with van der Waals surface area (Å²) in [5.74, 6) is -0.244. The molecule has 0 saturated carbocycles. The molecule has 102 valence electrons. The zero-order valence-electron chi connectivity index (χ0n) is 10.9. The van der Waals surface area contributed by atoms with Gasteiger partial charge in [-0.1, -0.05) is 18.2 Å². The van der Waals surface area contributed by atoms with Gasteiger partial charge in [0.25, 0.3) is 0 Å². The third kappa shape index (κ3) is 3.33. The van der Waals surface area contributed by atoms with Crippen LogP contribution >= 0.6 is 0 Å². The van der Waals surface area contributed by atoms with Crippen LogP contribution in [0, 0.1) is 0 Å². The minimum absolute atomic E-state index is 0.223. The van der Waals surface area contributed by atoms with Gasteiger partial charge in [0.2, 0.25) is 5.91 Å². The molecule has 0 unspecified atom stereocenters. The van der Waals surface area contributed by atoms with Crippen LogP contribution in [-0.2, 0) is 11.2 Å². The van der Waals surface area contributed by atoms with Gasteiger partial charge in [0.15, 0.2) is 0 Å². The number of hydrogen-bond donors (Lipinski definition) is 4. The van der Waals surface area contributed by atoms with E-state index in [-0.39, 0.29) is 12.5 Å². The van der Waals surface area contributed by atoms with Crippen molar-refractivity contribution in [3.63, 3.8) is 0 Å². The second kappa shape index (κ2) is 5.86. The highest BCUT2D eigenvalue weighted by Gasteiger charge is 2.16. The molecular weight excluding hydrogens is 242 g/mol. The van der Waals surface area contributed by atoms with E-state index in [1.165, 1.54) is 0 Å². The Balaban J connectivity index is 2.02. The van der Waals surface area contributed by atoms with Crippen LogP contribution in [0.4, 0.5) is 0 Å².